The normalized spacial score (nSPS) is 9.67. The van der Waals surface area contributed by atoms with Crippen LogP contribution in [-0.4, -0.2) is 32.1 Å². The summed E-state index contributed by atoms with van der Waals surface area (Å²) >= 11 is 0. The first-order valence-corrected chi connectivity index (χ1v) is 2.84. The van der Waals surface area contributed by atoms with Crippen molar-refractivity contribution in [2.24, 2.45) is 0 Å². The lowest BCUT2D eigenvalue weighted by Gasteiger charge is -1.88. The summed E-state index contributed by atoms with van der Waals surface area (Å²) in [6.07, 6.45) is 0. The van der Waals surface area contributed by atoms with E-state index in [1.54, 1.807) is 0 Å². The first-order chi connectivity index (χ1) is 5.52. The van der Waals surface area contributed by atoms with Gasteiger partial charge in [-0.3, -0.25) is 0 Å². The average molecular weight is 171 g/mol. The molecule has 0 aliphatic carbocycles. The summed E-state index contributed by atoms with van der Waals surface area (Å²) in [6.45, 7) is 0. The highest BCUT2D eigenvalue weighted by Crippen LogP contribution is 2.06. The fourth-order valence-corrected chi connectivity index (χ4v) is 0.701. The van der Waals surface area contributed by atoms with E-state index in [2.05, 4.69) is 9.97 Å². The van der Waals surface area contributed by atoms with E-state index in [0.717, 1.165) is 0 Å². The van der Waals surface area contributed by atoms with Crippen LogP contribution in [0.1, 0.15) is 21.0 Å². The van der Waals surface area contributed by atoms with Crippen LogP contribution in [-0.2, 0) is 0 Å². The van der Waals surface area contributed by atoms with Crippen LogP contribution in [0.25, 0.3) is 0 Å². The summed E-state index contributed by atoms with van der Waals surface area (Å²) < 4.78 is 0. The number of nitrogens with zero attached hydrogens (tertiary/aromatic N) is 1. The minimum Gasteiger partial charge on any atom is -0.477 e. The fraction of sp³-hybridized carbons (Fsp3) is 0. The fourth-order valence-electron chi connectivity index (χ4n) is 0.701. The number of imidazole rings is 1. The lowest BCUT2D eigenvalue weighted by molar-refractivity contribution is 0.0644. The molecule has 0 saturated heterocycles. The van der Waals surface area contributed by atoms with E-state index < -0.39 is 23.3 Å². The second-order valence-electron chi connectivity index (χ2n) is 1.96. The standard InChI is InChI=1S/C5H5N3O4/c6-5-7-1(3(9)10)2(8-5)4(11)12/h(H,9,10)(H,11,12)(H3,6,7,8). The van der Waals surface area contributed by atoms with Crippen LogP contribution < -0.4 is 5.73 Å². The Bertz CT molecular complexity index is 311. The van der Waals surface area contributed by atoms with E-state index in [1.807, 2.05) is 0 Å². The zero-order valence-electron chi connectivity index (χ0n) is 5.74. The third-order valence-electron chi connectivity index (χ3n) is 1.14. The number of carbonyl (C=O) groups is 2. The molecule has 0 bridgehead atoms. The number of nitrogens with two attached hydrogens (primary N) is 1. The predicted molar refractivity (Wildman–Crippen MR) is 36.9 cm³/mol. The van der Waals surface area contributed by atoms with Crippen molar-refractivity contribution in [2.75, 3.05) is 5.73 Å². The van der Waals surface area contributed by atoms with Gasteiger partial charge in [0.2, 0.25) is 0 Å². The number of rotatable bonds is 2. The predicted octanol–water partition coefficient (Wildman–Crippen LogP) is -0.612. The van der Waals surface area contributed by atoms with Crippen LogP contribution in [0.2, 0.25) is 0 Å². The van der Waals surface area contributed by atoms with Crippen LogP contribution in [0, 0.1) is 0 Å². The molecule has 1 heterocycles. The first kappa shape index (κ1) is 8.05. The van der Waals surface area contributed by atoms with Crippen molar-refractivity contribution in [3.63, 3.8) is 0 Å². The number of nitrogen functional groups attached to an aromatic ring is 1. The second kappa shape index (κ2) is 2.53. The summed E-state index contributed by atoms with van der Waals surface area (Å²) in [6, 6.07) is 0. The Hall–Kier alpha value is -2.05. The Morgan fingerprint density at radius 2 is 1.92 bits per heavy atom. The highest BCUT2D eigenvalue weighted by Gasteiger charge is 2.20. The molecule has 0 aromatic carbocycles. The number of nitrogens with one attached hydrogen (secondary N) is 1. The van der Waals surface area contributed by atoms with Crippen LogP contribution in [0.4, 0.5) is 5.95 Å². The molecular weight excluding hydrogens is 166 g/mol. The van der Waals surface area contributed by atoms with Crippen molar-refractivity contribution in [1.29, 1.82) is 0 Å². The van der Waals surface area contributed by atoms with Crippen molar-refractivity contribution < 1.29 is 19.8 Å². The number of aromatic amines is 1. The molecule has 1 aromatic rings. The summed E-state index contributed by atoms with van der Waals surface area (Å²) in [5, 5.41) is 16.9. The van der Waals surface area contributed by atoms with Crippen molar-refractivity contribution in [3.8, 4) is 0 Å². The second-order valence-corrected chi connectivity index (χ2v) is 1.96. The van der Waals surface area contributed by atoms with Crippen molar-refractivity contribution in [3.05, 3.63) is 11.4 Å². The van der Waals surface area contributed by atoms with Gasteiger partial charge in [0.25, 0.3) is 0 Å². The largest absolute Gasteiger partial charge is 0.477 e. The molecule has 0 spiro atoms. The van der Waals surface area contributed by atoms with Gasteiger partial charge in [0.05, 0.1) is 0 Å². The molecule has 5 N–H and O–H groups in total. The summed E-state index contributed by atoms with van der Waals surface area (Å²) in [7, 11) is 0. The monoisotopic (exact) mass is 171 g/mol. The topological polar surface area (TPSA) is 129 Å². The van der Waals surface area contributed by atoms with E-state index in [9.17, 15) is 9.59 Å². The molecule has 0 fully saturated rings. The highest BCUT2D eigenvalue weighted by molar-refractivity contribution is 5.99. The zero-order valence-corrected chi connectivity index (χ0v) is 5.74. The van der Waals surface area contributed by atoms with Gasteiger partial charge < -0.3 is 20.9 Å². The lowest BCUT2D eigenvalue weighted by Crippen LogP contribution is -2.07. The van der Waals surface area contributed by atoms with Gasteiger partial charge >= 0.3 is 11.9 Å². The molecule has 12 heavy (non-hydrogen) atoms. The number of H-pyrrole nitrogens is 1. The zero-order chi connectivity index (χ0) is 9.30. The van der Waals surface area contributed by atoms with E-state index in [4.69, 9.17) is 15.9 Å². The smallest absolute Gasteiger partial charge is 0.357 e. The van der Waals surface area contributed by atoms with Gasteiger partial charge in [0.15, 0.2) is 17.3 Å². The number of hydrogen-bond acceptors (Lipinski definition) is 4. The molecule has 0 atom stereocenters. The van der Waals surface area contributed by atoms with Gasteiger partial charge in [0.1, 0.15) is 0 Å². The number of hydrogen-bond donors (Lipinski definition) is 4. The van der Waals surface area contributed by atoms with Gasteiger partial charge in [0, 0.05) is 0 Å². The molecule has 1 rings (SSSR count). The molecule has 7 nitrogen and oxygen atoms in total. The lowest BCUT2D eigenvalue weighted by atomic mass is 10.3. The Labute approximate surface area is 65.8 Å². The molecular formula is C5H5N3O4. The van der Waals surface area contributed by atoms with Crippen LogP contribution in [0.15, 0.2) is 0 Å². The number of carboxylic acids is 2. The third-order valence-corrected chi connectivity index (χ3v) is 1.14. The van der Waals surface area contributed by atoms with Crippen molar-refractivity contribution >= 4 is 17.9 Å². The van der Waals surface area contributed by atoms with Gasteiger partial charge in [-0.2, -0.15) is 0 Å². The quantitative estimate of drug-likeness (QED) is 0.469. The number of aromatic carboxylic acids is 2. The minimum absolute atomic E-state index is 0.232. The number of aromatic nitrogens is 2. The Morgan fingerprint density at radius 1 is 1.33 bits per heavy atom. The Morgan fingerprint density at radius 3 is 2.25 bits per heavy atom. The van der Waals surface area contributed by atoms with E-state index in [-0.39, 0.29) is 5.95 Å². The van der Waals surface area contributed by atoms with Gasteiger partial charge in [-0.25, -0.2) is 14.6 Å². The maximum Gasteiger partial charge on any atom is 0.357 e. The molecule has 0 unspecified atom stereocenters. The number of carboxylic acid groups (broad SMARTS) is 2. The summed E-state index contributed by atoms with van der Waals surface area (Å²) in [5.41, 5.74) is 3.96. The first-order valence-electron chi connectivity index (χ1n) is 2.84. The maximum absolute atomic E-state index is 10.3. The van der Waals surface area contributed by atoms with E-state index in [1.165, 1.54) is 0 Å². The molecule has 64 valence electrons. The Balaban J connectivity index is 3.26. The van der Waals surface area contributed by atoms with Crippen molar-refractivity contribution in [1.82, 2.24) is 9.97 Å². The molecule has 0 saturated carbocycles. The van der Waals surface area contributed by atoms with Crippen LogP contribution in [0.3, 0.4) is 0 Å². The maximum atomic E-state index is 10.3. The molecule has 7 heteroatoms. The summed E-state index contributed by atoms with van der Waals surface area (Å²) in [5.74, 6) is -3.07. The van der Waals surface area contributed by atoms with E-state index in [0.29, 0.717) is 0 Å². The van der Waals surface area contributed by atoms with Gasteiger partial charge in [-0.15, -0.1) is 0 Å². The van der Waals surface area contributed by atoms with E-state index >= 15 is 0 Å². The van der Waals surface area contributed by atoms with Crippen LogP contribution >= 0.6 is 0 Å². The molecule has 0 aliphatic heterocycles. The third kappa shape index (κ3) is 1.19. The number of anilines is 1. The van der Waals surface area contributed by atoms with Crippen molar-refractivity contribution in [2.45, 2.75) is 0 Å². The molecule has 0 aliphatic rings. The Kier molecular flexibility index (Phi) is 1.70. The molecule has 0 amide bonds. The highest BCUT2D eigenvalue weighted by atomic mass is 16.4. The SMILES string of the molecule is Nc1nc(C(=O)O)c(C(=O)O)[nH]1. The minimum atomic E-state index is -1.43. The summed E-state index contributed by atoms with van der Waals surface area (Å²) in [4.78, 5) is 26.1. The molecule has 0 radical (unpaired) electrons. The molecule has 1 aromatic heterocycles. The van der Waals surface area contributed by atoms with Gasteiger partial charge in [-0.1, -0.05) is 0 Å². The van der Waals surface area contributed by atoms with Gasteiger partial charge in [-0.05, 0) is 0 Å². The van der Waals surface area contributed by atoms with Crippen LogP contribution in [0.5, 0.6) is 0 Å². The average Bonchev–Trinajstić information content (AvgIpc) is 2.31.